The van der Waals surface area contributed by atoms with Crippen molar-refractivity contribution in [3.05, 3.63) is 29.8 Å². The topological polar surface area (TPSA) is 76.4 Å². The van der Waals surface area contributed by atoms with Crippen molar-refractivity contribution < 1.29 is 9.59 Å². The number of anilines is 1. The monoisotopic (exact) mass is 354 g/mol. The van der Waals surface area contributed by atoms with E-state index in [2.05, 4.69) is 16.3 Å². The Labute approximate surface area is 154 Å². The molecule has 26 heavy (non-hydrogen) atoms. The van der Waals surface area contributed by atoms with Crippen LogP contribution in [0.2, 0.25) is 0 Å². The zero-order valence-electron chi connectivity index (χ0n) is 15.1. The minimum Gasteiger partial charge on any atom is -0.343 e. The molecule has 6 heteroatoms. The fraction of sp³-hybridized carbons (Fsp3) is 0.550. The van der Waals surface area contributed by atoms with Crippen molar-refractivity contribution in [1.82, 2.24) is 9.80 Å². The summed E-state index contributed by atoms with van der Waals surface area (Å²) < 4.78 is 0. The van der Waals surface area contributed by atoms with E-state index in [9.17, 15) is 9.59 Å². The second kappa shape index (κ2) is 8.81. The summed E-state index contributed by atoms with van der Waals surface area (Å²) in [5.41, 5.74) is 1.19. The summed E-state index contributed by atoms with van der Waals surface area (Å²) >= 11 is 0. The van der Waals surface area contributed by atoms with Crippen molar-refractivity contribution in [3.63, 3.8) is 0 Å². The summed E-state index contributed by atoms with van der Waals surface area (Å²) in [6.07, 6.45) is 4.86. The van der Waals surface area contributed by atoms with Crippen LogP contribution in [0.3, 0.4) is 0 Å². The molecular formula is C20H26N4O2. The maximum Gasteiger partial charge on any atom is 0.238 e. The number of nitriles is 1. The molecule has 2 saturated heterocycles. The van der Waals surface area contributed by atoms with Crippen molar-refractivity contribution in [2.45, 2.75) is 32.1 Å². The van der Waals surface area contributed by atoms with E-state index >= 15 is 0 Å². The fourth-order valence-corrected chi connectivity index (χ4v) is 3.76. The molecule has 2 aliphatic heterocycles. The van der Waals surface area contributed by atoms with Crippen LogP contribution in [0.25, 0.3) is 0 Å². The number of nitrogens with one attached hydrogen (secondary N) is 1. The van der Waals surface area contributed by atoms with Gasteiger partial charge in [0.1, 0.15) is 0 Å². The van der Waals surface area contributed by atoms with Gasteiger partial charge in [0.15, 0.2) is 0 Å². The number of hydrogen-bond donors (Lipinski definition) is 1. The largest absolute Gasteiger partial charge is 0.343 e. The maximum absolute atomic E-state index is 12.3. The molecule has 0 aliphatic carbocycles. The van der Waals surface area contributed by atoms with Gasteiger partial charge in [-0.1, -0.05) is 6.07 Å². The summed E-state index contributed by atoms with van der Waals surface area (Å²) in [4.78, 5) is 28.6. The zero-order chi connectivity index (χ0) is 18.4. The predicted octanol–water partition coefficient (Wildman–Crippen LogP) is 2.22. The molecule has 2 aliphatic rings. The lowest BCUT2D eigenvalue weighted by molar-refractivity contribution is -0.131. The highest BCUT2D eigenvalue weighted by Gasteiger charge is 2.25. The lowest BCUT2D eigenvalue weighted by Gasteiger charge is -2.31. The third-order valence-corrected chi connectivity index (χ3v) is 5.27. The molecule has 0 aromatic heterocycles. The summed E-state index contributed by atoms with van der Waals surface area (Å²) in [5.74, 6) is 0.678. The predicted molar refractivity (Wildman–Crippen MR) is 99.4 cm³/mol. The first-order valence-electron chi connectivity index (χ1n) is 9.44. The molecule has 2 amide bonds. The van der Waals surface area contributed by atoms with E-state index in [0.717, 1.165) is 51.9 Å². The molecule has 0 radical (unpaired) electrons. The first kappa shape index (κ1) is 18.4. The Morgan fingerprint density at radius 3 is 2.58 bits per heavy atom. The highest BCUT2D eigenvalue weighted by molar-refractivity contribution is 5.92. The lowest BCUT2D eigenvalue weighted by atomic mass is 9.93. The molecule has 0 atom stereocenters. The number of carbonyl (C=O) groups is 2. The van der Waals surface area contributed by atoms with Crippen LogP contribution >= 0.6 is 0 Å². The van der Waals surface area contributed by atoms with E-state index in [0.29, 0.717) is 36.0 Å². The number of amides is 2. The molecule has 3 rings (SSSR count). The quantitative estimate of drug-likeness (QED) is 0.880. The number of carbonyl (C=O) groups excluding carboxylic acids is 2. The van der Waals surface area contributed by atoms with Crippen molar-refractivity contribution in [3.8, 4) is 6.07 Å². The molecule has 2 heterocycles. The average Bonchev–Trinajstić information content (AvgIpc) is 3.18. The number of nitrogens with zero attached hydrogens (tertiary/aromatic N) is 3. The van der Waals surface area contributed by atoms with Crippen LogP contribution in [-0.4, -0.2) is 54.3 Å². The number of benzene rings is 1. The van der Waals surface area contributed by atoms with Crippen LogP contribution in [0.5, 0.6) is 0 Å². The summed E-state index contributed by atoms with van der Waals surface area (Å²) in [7, 11) is 0. The average molecular weight is 354 g/mol. The molecule has 138 valence electrons. The maximum atomic E-state index is 12.3. The number of rotatable bonds is 5. The highest BCUT2D eigenvalue weighted by Crippen LogP contribution is 2.22. The van der Waals surface area contributed by atoms with Gasteiger partial charge in [-0.25, -0.2) is 0 Å². The van der Waals surface area contributed by atoms with Gasteiger partial charge in [-0.3, -0.25) is 14.5 Å². The first-order valence-corrected chi connectivity index (χ1v) is 9.44. The molecule has 1 N–H and O–H groups in total. The molecule has 2 fully saturated rings. The van der Waals surface area contributed by atoms with Crippen molar-refractivity contribution in [2.24, 2.45) is 5.92 Å². The van der Waals surface area contributed by atoms with Gasteiger partial charge >= 0.3 is 0 Å². The van der Waals surface area contributed by atoms with Gasteiger partial charge in [-0.05, 0) is 62.9 Å². The molecule has 0 bridgehead atoms. The number of hydrogen-bond acceptors (Lipinski definition) is 4. The van der Waals surface area contributed by atoms with Crippen molar-refractivity contribution in [2.75, 3.05) is 38.0 Å². The van der Waals surface area contributed by atoms with E-state index in [1.54, 1.807) is 24.3 Å². The van der Waals surface area contributed by atoms with Crippen molar-refractivity contribution >= 4 is 17.5 Å². The van der Waals surface area contributed by atoms with Crippen LogP contribution in [0.4, 0.5) is 5.69 Å². The zero-order valence-corrected chi connectivity index (χ0v) is 15.1. The first-order chi connectivity index (χ1) is 12.6. The standard InChI is InChI=1S/C20H26N4O2/c21-14-17-4-3-5-18(12-17)22-19(25)15-23-10-6-16(7-11-23)13-20(26)24-8-1-2-9-24/h3-5,12,16H,1-2,6-11,13,15H2,(H,22,25). The lowest BCUT2D eigenvalue weighted by Crippen LogP contribution is -2.40. The van der Waals surface area contributed by atoms with Crippen molar-refractivity contribution in [1.29, 1.82) is 5.26 Å². The third kappa shape index (κ3) is 5.06. The number of likely N-dealkylation sites (tertiary alicyclic amines) is 2. The van der Waals surface area contributed by atoms with Gasteiger partial charge in [0.2, 0.25) is 11.8 Å². The van der Waals surface area contributed by atoms with Crippen LogP contribution in [-0.2, 0) is 9.59 Å². The fourth-order valence-electron chi connectivity index (χ4n) is 3.76. The second-order valence-corrected chi connectivity index (χ2v) is 7.25. The SMILES string of the molecule is N#Cc1cccc(NC(=O)CN2CCC(CC(=O)N3CCCC3)CC2)c1. The molecule has 1 aromatic rings. The van der Waals surface area contributed by atoms with E-state index in [1.807, 2.05) is 4.90 Å². The van der Waals surface area contributed by atoms with E-state index in [-0.39, 0.29) is 5.91 Å². The van der Waals surface area contributed by atoms with Crippen LogP contribution in [0, 0.1) is 17.2 Å². The molecule has 0 unspecified atom stereocenters. The smallest absolute Gasteiger partial charge is 0.238 e. The van der Waals surface area contributed by atoms with Crippen LogP contribution in [0.1, 0.15) is 37.7 Å². The Bertz CT molecular complexity index is 683. The molecule has 0 spiro atoms. The van der Waals surface area contributed by atoms with E-state index < -0.39 is 0 Å². The molecule has 0 saturated carbocycles. The third-order valence-electron chi connectivity index (χ3n) is 5.27. The van der Waals surface area contributed by atoms with Crippen LogP contribution in [0.15, 0.2) is 24.3 Å². The Morgan fingerprint density at radius 2 is 1.88 bits per heavy atom. The van der Waals surface area contributed by atoms with Crippen LogP contribution < -0.4 is 5.32 Å². The van der Waals surface area contributed by atoms with Gasteiger partial charge in [0.25, 0.3) is 0 Å². The number of piperidine rings is 1. The summed E-state index contributed by atoms with van der Waals surface area (Å²) in [5, 5.41) is 11.8. The summed E-state index contributed by atoms with van der Waals surface area (Å²) in [6, 6.07) is 9.00. The molecular weight excluding hydrogens is 328 g/mol. The summed E-state index contributed by atoms with van der Waals surface area (Å²) in [6.45, 7) is 3.90. The second-order valence-electron chi connectivity index (χ2n) is 7.25. The molecule has 6 nitrogen and oxygen atoms in total. The Morgan fingerprint density at radius 1 is 1.15 bits per heavy atom. The minimum atomic E-state index is -0.0633. The minimum absolute atomic E-state index is 0.0633. The Balaban J connectivity index is 1.40. The Kier molecular flexibility index (Phi) is 6.24. The molecule has 1 aromatic carbocycles. The Hall–Kier alpha value is -2.39. The van der Waals surface area contributed by atoms with E-state index in [4.69, 9.17) is 5.26 Å². The normalized spacial score (nSPS) is 18.5. The van der Waals surface area contributed by atoms with Gasteiger partial charge in [0, 0.05) is 25.2 Å². The van der Waals surface area contributed by atoms with Gasteiger partial charge < -0.3 is 10.2 Å². The van der Waals surface area contributed by atoms with E-state index in [1.165, 1.54) is 0 Å². The van der Waals surface area contributed by atoms with Gasteiger partial charge in [-0.2, -0.15) is 5.26 Å². The highest BCUT2D eigenvalue weighted by atomic mass is 16.2. The van der Waals surface area contributed by atoms with Gasteiger partial charge in [-0.15, -0.1) is 0 Å². The van der Waals surface area contributed by atoms with Gasteiger partial charge in [0.05, 0.1) is 18.2 Å².